The van der Waals surface area contributed by atoms with Crippen molar-refractivity contribution >= 4 is 5.97 Å². The molecule has 1 fully saturated rings. The standard InChI is InChI=1S/C22H22N2O3/c1-26-22(25)21-11-18(21)15-27-20-9-7-17(8-10-20)19-12-23-24(14-19)13-16-5-3-2-4-6-16/h2-10,12,14,18,21H,11,13,15H2,1H3. The summed E-state index contributed by atoms with van der Waals surface area (Å²) in [4.78, 5) is 11.4. The summed E-state index contributed by atoms with van der Waals surface area (Å²) in [5, 5.41) is 4.45. The van der Waals surface area contributed by atoms with Gasteiger partial charge in [0.2, 0.25) is 0 Å². The molecule has 5 heteroatoms. The van der Waals surface area contributed by atoms with Crippen molar-refractivity contribution in [2.75, 3.05) is 13.7 Å². The van der Waals surface area contributed by atoms with E-state index in [9.17, 15) is 4.79 Å². The first-order chi connectivity index (χ1) is 13.2. The molecule has 3 aromatic rings. The van der Waals surface area contributed by atoms with E-state index in [2.05, 4.69) is 17.2 Å². The van der Waals surface area contributed by atoms with E-state index in [1.165, 1.54) is 12.7 Å². The van der Waals surface area contributed by atoms with Gasteiger partial charge in [0.25, 0.3) is 0 Å². The van der Waals surface area contributed by atoms with Crippen LogP contribution in [0, 0.1) is 11.8 Å². The maximum atomic E-state index is 11.4. The summed E-state index contributed by atoms with van der Waals surface area (Å²) in [6.45, 7) is 1.30. The van der Waals surface area contributed by atoms with E-state index in [0.717, 1.165) is 29.8 Å². The lowest BCUT2D eigenvalue weighted by molar-refractivity contribution is -0.142. The van der Waals surface area contributed by atoms with Crippen molar-refractivity contribution in [3.63, 3.8) is 0 Å². The van der Waals surface area contributed by atoms with Crippen molar-refractivity contribution in [3.05, 3.63) is 72.6 Å². The number of carbonyl (C=O) groups excluding carboxylic acids is 1. The monoisotopic (exact) mass is 362 g/mol. The molecule has 1 aromatic heterocycles. The van der Waals surface area contributed by atoms with Gasteiger partial charge in [0.1, 0.15) is 5.75 Å². The van der Waals surface area contributed by atoms with Crippen molar-refractivity contribution in [1.29, 1.82) is 0 Å². The fourth-order valence-electron chi connectivity index (χ4n) is 3.19. The predicted octanol–water partition coefficient (Wildman–Crippen LogP) is 3.79. The van der Waals surface area contributed by atoms with E-state index in [1.54, 1.807) is 0 Å². The van der Waals surface area contributed by atoms with Gasteiger partial charge in [-0.25, -0.2) is 0 Å². The van der Waals surface area contributed by atoms with Gasteiger partial charge in [-0.2, -0.15) is 5.10 Å². The highest BCUT2D eigenvalue weighted by Crippen LogP contribution is 2.39. The average molecular weight is 362 g/mol. The van der Waals surface area contributed by atoms with Crippen LogP contribution in [0.15, 0.2) is 67.0 Å². The molecule has 2 unspecified atom stereocenters. The lowest BCUT2D eigenvalue weighted by Gasteiger charge is -2.06. The Balaban J connectivity index is 1.33. The Morgan fingerprint density at radius 2 is 1.89 bits per heavy atom. The van der Waals surface area contributed by atoms with Crippen LogP contribution in [-0.2, 0) is 16.1 Å². The summed E-state index contributed by atoms with van der Waals surface area (Å²) in [6, 6.07) is 18.3. The molecule has 1 saturated carbocycles. The van der Waals surface area contributed by atoms with Crippen LogP contribution in [0.2, 0.25) is 0 Å². The number of methoxy groups -OCH3 is 1. The molecule has 0 saturated heterocycles. The van der Waals surface area contributed by atoms with Crippen LogP contribution in [0.5, 0.6) is 5.75 Å². The normalized spacial score (nSPS) is 18.1. The van der Waals surface area contributed by atoms with Crippen LogP contribution >= 0.6 is 0 Å². The molecule has 1 aliphatic carbocycles. The smallest absolute Gasteiger partial charge is 0.309 e. The van der Waals surface area contributed by atoms with Crippen molar-refractivity contribution in [2.45, 2.75) is 13.0 Å². The van der Waals surface area contributed by atoms with E-state index < -0.39 is 0 Å². The molecular weight excluding hydrogens is 340 g/mol. The maximum Gasteiger partial charge on any atom is 0.309 e. The molecule has 138 valence electrons. The van der Waals surface area contributed by atoms with Crippen molar-refractivity contribution < 1.29 is 14.3 Å². The summed E-state index contributed by atoms with van der Waals surface area (Å²) in [7, 11) is 1.43. The number of aromatic nitrogens is 2. The first-order valence-corrected chi connectivity index (χ1v) is 9.10. The Hall–Kier alpha value is -3.08. The van der Waals surface area contributed by atoms with Crippen molar-refractivity contribution in [3.8, 4) is 16.9 Å². The van der Waals surface area contributed by atoms with Crippen LogP contribution in [-0.4, -0.2) is 29.5 Å². The Morgan fingerprint density at radius 3 is 2.63 bits per heavy atom. The zero-order valence-corrected chi connectivity index (χ0v) is 15.2. The van der Waals surface area contributed by atoms with Crippen molar-refractivity contribution in [2.24, 2.45) is 11.8 Å². The van der Waals surface area contributed by atoms with Crippen LogP contribution in [0.25, 0.3) is 11.1 Å². The predicted molar refractivity (Wildman–Crippen MR) is 102 cm³/mol. The van der Waals surface area contributed by atoms with Crippen LogP contribution in [0.3, 0.4) is 0 Å². The average Bonchev–Trinajstić information content (AvgIpc) is 3.35. The number of benzene rings is 2. The zero-order valence-electron chi connectivity index (χ0n) is 15.2. The third kappa shape index (κ3) is 4.19. The quantitative estimate of drug-likeness (QED) is 0.600. The summed E-state index contributed by atoms with van der Waals surface area (Å²) >= 11 is 0. The highest BCUT2D eigenvalue weighted by Gasteiger charge is 2.44. The first-order valence-electron chi connectivity index (χ1n) is 9.10. The third-order valence-corrected chi connectivity index (χ3v) is 4.90. The van der Waals surface area contributed by atoms with Gasteiger partial charge >= 0.3 is 5.97 Å². The molecule has 1 aliphatic rings. The number of carbonyl (C=O) groups is 1. The zero-order chi connectivity index (χ0) is 18.6. The largest absolute Gasteiger partial charge is 0.493 e. The van der Waals surface area contributed by atoms with E-state index in [-0.39, 0.29) is 17.8 Å². The minimum Gasteiger partial charge on any atom is -0.493 e. The molecular formula is C22H22N2O3. The molecule has 4 rings (SSSR count). The third-order valence-electron chi connectivity index (χ3n) is 4.90. The number of hydrogen-bond donors (Lipinski definition) is 0. The number of nitrogens with zero attached hydrogens (tertiary/aromatic N) is 2. The molecule has 0 bridgehead atoms. The number of ether oxygens (including phenoxy) is 2. The lowest BCUT2D eigenvalue weighted by Crippen LogP contribution is -2.08. The van der Waals surface area contributed by atoms with Crippen LogP contribution in [0.4, 0.5) is 0 Å². The molecule has 0 N–H and O–H groups in total. The fourth-order valence-corrected chi connectivity index (χ4v) is 3.19. The molecule has 0 spiro atoms. The van der Waals surface area contributed by atoms with Gasteiger partial charge in [-0.15, -0.1) is 0 Å². The molecule has 27 heavy (non-hydrogen) atoms. The van der Waals surface area contributed by atoms with Gasteiger partial charge < -0.3 is 9.47 Å². The van der Waals surface area contributed by atoms with Crippen molar-refractivity contribution in [1.82, 2.24) is 9.78 Å². The van der Waals surface area contributed by atoms with E-state index in [0.29, 0.717) is 6.61 Å². The number of hydrogen-bond acceptors (Lipinski definition) is 4. The minimum absolute atomic E-state index is 0.00438. The van der Waals surface area contributed by atoms with Gasteiger partial charge in [0.05, 0.1) is 32.4 Å². The molecule has 2 aromatic carbocycles. The molecule has 1 heterocycles. The first kappa shape index (κ1) is 17.3. The minimum atomic E-state index is -0.133. The van der Waals surface area contributed by atoms with Crippen LogP contribution in [0.1, 0.15) is 12.0 Å². The number of esters is 1. The summed E-state index contributed by atoms with van der Waals surface area (Å²) in [5.41, 5.74) is 3.40. The molecule has 2 atom stereocenters. The fraction of sp³-hybridized carbons (Fsp3) is 0.273. The second-order valence-electron chi connectivity index (χ2n) is 6.87. The SMILES string of the molecule is COC(=O)C1CC1COc1ccc(-c2cnn(Cc3ccccc3)c2)cc1. The number of rotatable bonds is 7. The van der Waals surface area contributed by atoms with E-state index in [1.807, 2.05) is 59.5 Å². The Bertz CT molecular complexity index is 903. The Labute approximate surface area is 158 Å². The maximum absolute atomic E-state index is 11.4. The summed E-state index contributed by atoms with van der Waals surface area (Å²) in [5.74, 6) is 0.954. The van der Waals surface area contributed by atoms with Gasteiger partial charge in [0, 0.05) is 17.7 Å². The summed E-state index contributed by atoms with van der Waals surface area (Å²) < 4.78 is 12.5. The molecule has 0 radical (unpaired) electrons. The van der Waals surface area contributed by atoms with Gasteiger partial charge in [-0.3, -0.25) is 9.48 Å². The highest BCUT2D eigenvalue weighted by molar-refractivity contribution is 5.75. The molecule has 0 aliphatic heterocycles. The van der Waals surface area contributed by atoms with E-state index in [4.69, 9.17) is 9.47 Å². The second-order valence-corrected chi connectivity index (χ2v) is 6.87. The topological polar surface area (TPSA) is 53.4 Å². The lowest BCUT2D eigenvalue weighted by atomic mass is 10.1. The Morgan fingerprint density at radius 1 is 1.11 bits per heavy atom. The molecule has 0 amide bonds. The highest BCUT2D eigenvalue weighted by atomic mass is 16.5. The van der Waals surface area contributed by atoms with Gasteiger partial charge in [-0.1, -0.05) is 42.5 Å². The van der Waals surface area contributed by atoms with Gasteiger partial charge in [0.15, 0.2) is 0 Å². The van der Waals surface area contributed by atoms with Gasteiger partial charge in [-0.05, 0) is 29.7 Å². The van der Waals surface area contributed by atoms with E-state index >= 15 is 0 Å². The second kappa shape index (κ2) is 7.66. The summed E-state index contributed by atoms with van der Waals surface area (Å²) in [6.07, 6.45) is 4.78. The van der Waals surface area contributed by atoms with Crippen LogP contribution < -0.4 is 4.74 Å². The molecule has 5 nitrogen and oxygen atoms in total. The Kier molecular flexibility index (Phi) is 4.92.